The number of allylic oxidation sites excluding steroid dienone is 8. The van der Waals surface area contributed by atoms with E-state index in [2.05, 4.69) is 81.5 Å². The lowest BCUT2D eigenvalue weighted by molar-refractivity contribution is -0.180. The number of rotatable bonds is 31. The molecule has 3 nitrogen and oxygen atoms in total. The van der Waals surface area contributed by atoms with Crippen molar-refractivity contribution in [2.24, 2.45) is 0 Å². The molecule has 0 saturated carbocycles. The van der Waals surface area contributed by atoms with E-state index in [4.69, 9.17) is 9.47 Å². The zero-order valence-electron chi connectivity index (χ0n) is 30.1. The van der Waals surface area contributed by atoms with Gasteiger partial charge in [0.15, 0.2) is 5.79 Å². The van der Waals surface area contributed by atoms with Crippen molar-refractivity contribution in [1.29, 1.82) is 0 Å². The first kappa shape index (κ1) is 40.9. The number of ether oxygens (including phenoxy) is 2. The second-order valence-electron chi connectivity index (χ2n) is 13.5. The molecule has 3 heteroatoms. The molecular weight excluding hydrogens is 538 g/mol. The molecule has 0 radical (unpaired) electrons. The van der Waals surface area contributed by atoms with Crippen LogP contribution in [0.4, 0.5) is 0 Å². The Labute approximate surface area is 276 Å². The zero-order valence-corrected chi connectivity index (χ0v) is 30.1. The Hall–Kier alpha value is -1.16. The molecule has 1 atom stereocenters. The summed E-state index contributed by atoms with van der Waals surface area (Å²) in [6.45, 7) is 6.36. The van der Waals surface area contributed by atoms with E-state index < -0.39 is 0 Å². The maximum atomic E-state index is 6.66. The molecule has 0 aromatic rings. The second-order valence-corrected chi connectivity index (χ2v) is 13.5. The molecule has 0 N–H and O–H groups in total. The molecular formula is C41H75NO2. The van der Waals surface area contributed by atoms with Crippen LogP contribution in [0.2, 0.25) is 0 Å². The molecule has 0 amide bonds. The molecule has 256 valence electrons. The fraction of sp³-hybridized carbons (Fsp3) is 0.805. The highest BCUT2D eigenvalue weighted by molar-refractivity contribution is 4.93. The van der Waals surface area contributed by atoms with Crippen molar-refractivity contribution in [2.75, 3.05) is 27.2 Å². The van der Waals surface area contributed by atoms with Gasteiger partial charge in [-0.2, -0.15) is 0 Å². The summed E-state index contributed by atoms with van der Waals surface area (Å²) in [6, 6.07) is 0. The lowest BCUT2D eigenvalue weighted by atomic mass is 9.98. The molecule has 44 heavy (non-hydrogen) atoms. The average molecular weight is 614 g/mol. The molecule has 1 aliphatic rings. The fourth-order valence-electron chi connectivity index (χ4n) is 5.93. The van der Waals surface area contributed by atoms with Crippen LogP contribution in [0, 0.1) is 0 Å². The standard InChI is InChI=1S/C41H75NO2/c1-5-7-9-11-13-15-17-19-21-23-25-27-29-31-33-36-41(43-39-40(44-41)35-38-42(3)4)37-34-32-30-28-26-24-22-20-18-16-14-12-10-8-6-2/h11-14,17-20,40H,5-10,15-16,21-39H2,1-4H3/b13-11-,14-12-,19-17-,20-18-. The minimum Gasteiger partial charge on any atom is -0.347 e. The van der Waals surface area contributed by atoms with Gasteiger partial charge in [-0.15, -0.1) is 0 Å². The van der Waals surface area contributed by atoms with Crippen molar-refractivity contribution in [2.45, 2.75) is 186 Å². The highest BCUT2D eigenvalue weighted by atomic mass is 16.7. The van der Waals surface area contributed by atoms with E-state index in [9.17, 15) is 0 Å². The van der Waals surface area contributed by atoms with Crippen LogP contribution in [0.5, 0.6) is 0 Å². The third kappa shape index (κ3) is 25.1. The van der Waals surface area contributed by atoms with E-state index in [-0.39, 0.29) is 11.9 Å². The maximum absolute atomic E-state index is 6.66. The molecule has 1 aliphatic heterocycles. The van der Waals surface area contributed by atoms with Gasteiger partial charge < -0.3 is 14.4 Å². The molecule has 0 aromatic carbocycles. The summed E-state index contributed by atoms with van der Waals surface area (Å²) >= 11 is 0. The van der Waals surface area contributed by atoms with Crippen molar-refractivity contribution in [1.82, 2.24) is 4.90 Å². The van der Waals surface area contributed by atoms with Crippen molar-refractivity contribution in [3.05, 3.63) is 48.6 Å². The summed E-state index contributed by atoms with van der Waals surface area (Å²) in [6.07, 6.45) is 50.4. The Kier molecular flexibility index (Phi) is 28.3. The Morgan fingerprint density at radius 2 is 0.955 bits per heavy atom. The largest absolute Gasteiger partial charge is 0.347 e. The van der Waals surface area contributed by atoms with Crippen LogP contribution in [0.15, 0.2) is 48.6 Å². The van der Waals surface area contributed by atoms with E-state index in [1.807, 2.05) is 0 Å². The molecule has 1 unspecified atom stereocenters. The van der Waals surface area contributed by atoms with Crippen LogP contribution in [0.3, 0.4) is 0 Å². The first-order valence-corrected chi connectivity index (χ1v) is 19.2. The summed E-state index contributed by atoms with van der Waals surface area (Å²) in [5.41, 5.74) is 0. The van der Waals surface area contributed by atoms with Crippen LogP contribution >= 0.6 is 0 Å². The monoisotopic (exact) mass is 614 g/mol. The summed E-state index contributed by atoms with van der Waals surface area (Å²) in [5.74, 6) is -0.317. The normalized spacial score (nSPS) is 17.2. The van der Waals surface area contributed by atoms with Gasteiger partial charge in [-0.3, -0.25) is 0 Å². The van der Waals surface area contributed by atoms with Gasteiger partial charge in [-0.25, -0.2) is 0 Å². The van der Waals surface area contributed by atoms with Crippen molar-refractivity contribution in [3.8, 4) is 0 Å². The number of unbranched alkanes of at least 4 members (excludes halogenated alkanes) is 16. The number of hydrogen-bond acceptors (Lipinski definition) is 3. The lowest BCUT2D eigenvalue weighted by Gasteiger charge is -2.29. The fourth-order valence-corrected chi connectivity index (χ4v) is 5.93. The zero-order chi connectivity index (χ0) is 31.8. The van der Waals surface area contributed by atoms with Gasteiger partial charge in [0.25, 0.3) is 0 Å². The molecule has 0 aromatic heterocycles. The van der Waals surface area contributed by atoms with E-state index >= 15 is 0 Å². The van der Waals surface area contributed by atoms with Crippen molar-refractivity contribution in [3.63, 3.8) is 0 Å². The van der Waals surface area contributed by atoms with Crippen LogP contribution < -0.4 is 0 Å². The van der Waals surface area contributed by atoms with E-state index in [1.54, 1.807) is 0 Å². The Morgan fingerprint density at radius 3 is 1.39 bits per heavy atom. The number of hydrogen-bond donors (Lipinski definition) is 0. The summed E-state index contributed by atoms with van der Waals surface area (Å²) in [5, 5.41) is 0. The van der Waals surface area contributed by atoms with E-state index in [1.165, 1.54) is 128 Å². The first-order valence-electron chi connectivity index (χ1n) is 19.2. The van der Waals surface area contributed by atoms with Crippen LogP contribution in [-0.4, -0.2) is 44.0 Å². The Balaban J connectivity index is 2.18. The molecule has 0 aliphatic carbocycles. The van der Waals surface area contributed by atoms with Gasteiger partial charge in [-0.1, -0.05) is 140 Å². The maximum Gasteiger partial charge on any atom is 0.168 e. The van der Waals surface area contributed by atoms with Gasteiger partial charge in [0.05, 0.1) is 12.7 Å². The molecule has 1 heterocycles. The van der Waals surface area contributed by atoms with Gasteiger partial charge in [0.2, 0.25) is 0 Å². The first-order chi connectivity index (χ1) is 21.6. The van der Waals surface area contributed by atoms with Crippen molar-refractivity contribution < 1.29 is 9.47 Å². The van der Waals surface area contributed by atoms with Gasteiger partial charge in [-0.05, 0) is 84.7 Å². The highest BCUT2D eigenvalue weighted by Gasteiger charge is 2.40. The average Bonchev–Trinajstić information content (AvgIpc) is 3.43. The molecule has 1 fully saturated rings. The van der Waals surface area contributed by atoms with Gasteiger partial charge in [0.1, 0.15) is 0 Å². The predicted molar refractivity (Wildman–Crippen MR) is 195 cm³/mol. The van der Waals surface area contributed by atoms with Crippen molar-refractivity contribution >= 4 is 0 Å². The van der Waals surface area contributed by atoms with Gasteiger partial charge in [0, 0.05) is 19.4 Å². The highest BCUT2D eigenvalue weighted by Crippen LogP contribution is 2.35. The van der Waals surface area contributed by atoms with E-state index in [0.717, 1.165) is 45.3 Å². The molecule has 1 rings (SSSR count). The smallest absolute Gasteiger partial charge is 0.168 e. The summed E-state index contributed by atoms with van der Waals surface area (Å²) in [7, 11) is 4.30. The minimum atomic E-state index is -0.317. The predicted octanol–water partition coefficient (Wildman–Crippen LogP) is 12.7. The molecule has 1 saturated heterocycles. The second kappa shape index (κ2) is 30.5. The number of nitrogens with zero attached hydrogens (tertiary/aromatic N) is 1. The lowest BCUT2D eigenvalue weighted by Crippen LogP contribution is -2.31. The molecule has 0 bridgehead atoms. The third-order valence-corrected chi connectivity index (χ3v) is 8.83. The SMILES string of the molecule is CCCC/C=C\C/C=C\CCCCCCCCC1(CCCCCCCC/C=C\C/C=C\CCCC)OCC(CCN(C)C)O1. The summed E-state index contributed by atoms with van der Waals surface area (Å²) in [4.78, 5) is 2.26. The van der Waals surface area contributed by atoms with Crippen LogP contribution in [0.25, 0.3) is 0 Å². The molecule has 0 spiro atoms. The van der Waals surface area contributed by atoms with Crippen LogP contribution in [0.1, 0.15) is 174 Å². The van der Waals surface area contributed by atoms with Gasteiger partial charge >= 0.3 is 0 Å². The minimum absolute atomic E-state index is 0.261. The van der Waals surface area contributed by atoms with E-state index in [0.29, 0.717) is 0 Å². The Morgan fingerprint density at radius 1 is 0.545 bits per heavy atom. The Bertz CT molecular complexity index is 676. The third-order valence-electron chi connectivity index (χ3n) is 8.83. The van der Waals surface area contributed by atoms with Crippen LogP contribution in [-0.2, 0) is 9.47 Å². The summed E-state index contributed by atoms with van der Waals surface area (Å²) < 4.78 is 13.1. The quantitative estimate of drug-likeness (QED) is 0.0573. The topological polar surface area (TPSA) is 21.7 Å².